The molecule has 0 amide bonds. The van der Waals surface area contributed by atoms with Gasteiger partial charge < -0.3 is 5.32 Å². The van der Waals surface area contributed by atoms with E-state index in [0.717, 1.165) is 29.7 Å². The molecule has 2 atom stereocenters. The highest BCUT2D eigenvalue weighted by atomic mass is 32.1. The van der Waals surface area contributed by atoms with Gasteiger partial charge in [-0.15, -0.1) is 10.2 Å². The van der Waals surface area contributed by atoms with Crippen molar-refractivity contribution in [2.45, 2.75) is 46.0 Å². The van der Waals surface area contributed by atoms with Gasteiger partial charge in [-0.25, -0.2) is 0 Å². The average Bonchev–Trinajstić information content (AvgIpc) is 2.98. The molecule has 0 radical (unpaired) electrons. The first-order valence-corrected chi connectivity index (χ1v) is 8.38. The molecule has 2 aromatic rings. The summed E-state index contributed by atoms with van der Waals surface area (Å²) in [6, 6.07) is 0. The van der Waals surface area contributed by atoms with Crippen molar-refractivity contribution in [2.75, 3.05) is 13.1 Å². The summed E-state index contributed by atoms with van der Waals surface area (Å²) in [5, 5.41) is 17.9. The van der Waals surface area contributed by atoms with E-state index in [-0.39, 0.29) is 0 Å². The number of nitrogens with one attached hydrogen (secondary N) is 1. The lowest BCUT2D eigenvalue weighted by Crippen LogP contribution is -2.33. The molecule has 0 bridgehead atoms. The summed E-state index contributed by atoms with van der Waals surface area (Å²) >= 11 is 1.69. The molecule has 2 aromatic heterocycles. The van der Waals surface area contributed by atoms with E-state index in [9.17, 15) is 0 Å². The van der Waals surface area contributed by atoms with E-state index >= 15 is 0 Å². The Morgan fingerprint density at radius 2 is 2.20 bits per heavy atom. The van der Waals surface area contributed by atoms with Crippen LogP contribution in [0.25, 0.3) is 4.96 Å². The Bertz CT molecular complexity index is 567. The maximum Gasteiger partial charge on any atom is 0.234 e. The minimum atomic E-state index is 0.361. The molecule has 1 aliphatic heterocycles. The predicted molar refractivity (Wildman–Crippen MR) is 81.2 cm³/mol. The van der Waals surface area contributed by atoms with Crippen LogP contribution in [0.15, 0.2) is 0 Å². The van der Waals surface area contributed by atoms with Crippen LogP contribution in [0.4, 0.5) is 0 Å². The van der Waals surface area contributed by atoms with Gasteiger partial charge in [-0.2, -0.15) is 9.61 Å². The summed E-state index contributed by atoms with van der Waals surface area (Å²) in [6.45, 7) is 8.95. The molecule has 3 rings (SSSR count). The maximum atomic E-state index is 4.72. The van der Waals surface area contributed by atoms with Gasteiger partial charge in [-0.3, -0.25) is 0 Å². The van der Waals surface area contributed by atoms with E-state index in [1.165, 1.54) is 24.4 Å². The number of fused-ring (bicyclic) bond motifs is 1. The fraction of sp³-hybridized carbons (Fsp3) is 0.786. The Balaban J connectivity index is 1.73. The lowest BCUT2D eigenvalue weighted by atomic mass is 9.86. The fourth-order valence-electron chi connectivity index (χ4n) is 2.92. The molecule has 0 saturated carbocycles. The molecule has 0 aliphatic carbocycles. The molecule has 0 spiro atoms. The molecule has 1 N–H and O–H groups in total. The number of nitrogens with zero attached hydrogens (tertiary/aromatic N) is 4. The van der Waals surface area contributed by atoms with Crippen LogP contribution >= 0.6 is 11.3 Å². The Morgan fingerprint density at radius 3 is 2.90 bits per heavy atom. The largest absolute Gasteiger partial charge is 0.316 e. The Hall–Kier alpha value is -1.01. The van der Waals surface area contributed by atoms with Gasteiger partial charge in [-0.05, 0) is 37.8 Å². The van der Waals surface area contributed by atoms with Crippen LogP contribution in [0.5, 0.6) is 0 Å². The molecule has 1 aliphatic rings. The molecular formula is C14H23N5S. The van der Waals surface area contributed by atoms with Gasteiger partial charge >= 0.3 is 0 Å². The van der Waals surface area contributed by atoms with Gasteiger partial charge in [0, 0.05) is 12.3 Å². The van der Waals surface area contributed by atoms with Crippen molar-refractivity contribution in [3.05, 3.63) is 10.8 Å². The molecule has 1 fully saturated rings. The lowest BCUT2D eigenvalue weighted by molar-refractivity contribution is 0.278. The monoisotopic (exact) mass is 293 g/mol. The molecule has 20 heavy (non-hydrogen) atoms. The highest BCUT2D eigenvalue weighted by Crippen LogP contribution is 2.26. The van der Waals surface area contributed by atoms with Crippen LogP contribution in [0.1, 0.15) is 50.4 Å². The third-order valence-electron chi connectivity index (χ3n) is 4.21. The highest BCUT2D eigenvalue weighted by Gasteiger charge is 2.22. The van der Waals surface area contributed by atoms with E-state index in [1.807, 2.05) is 4.52 Å². The lowest BCUT2D eigenvalue weighted by Gasteiger charge is -2.27. The van der Waals surface area contributed by atoms with Crippen LogP contribution in [0.2, 0.25) is 0 Å². The number of rotatable bonds is 4. The van der Waals surface area contributed by atoms with Crippen molar-refractivity contribution >= 4 is 16.3 Å². The summed E-state index contributed by atoms with van der Waals surface area (Å²) in [5.41, 5.74) is 0. The van der Waals surface area contributed by atoms with E-state index < -0.39 is 0 Å². The molecule has 0 aromatic carbocycles. The van der Waals surface area contributed by atoms with Crippen LogP contribution < -0.4 is 5.32 Å². The van der Waals surface area contributed by atoms with Crippen molar-refractivity contribution in [2.24, 2.45) is 11.8 Å². The zero-order valence-electron chi connectivity index (χ0n) is 12.5. The van der Waals surface area contributed by atoms with Crippen molar-refractivity contribution < 1.29 is 0 Å². The normalized spacial score (nSPS) is 21.7. The summed E-state index contributed by atoms with van der Waals surface area (Å²) in [6.07, 6.45) is 3.70. The molecule has 1 saturated heterocycles. The fourth-order valence-corrected chi connectivity index (χ4v) is 3.90. The molecule has 3 heterocycles. The molecule has 6 heteroatoms. The summed E-state index contributed by atoms with van der Waals surface area (Å²) < 4.78 is 1.93. The minimum absolute atomic E-state index is 0.361. The Kier molecular flexibility index (Phi) is 4.03. The van der Waals surface area contributed by atoms with Crippen molar-refractivity contribution in [3.63, 3.8) is 0 Å². The van der Waals surface area contributed by atoms with Gasteiger partial charge in [0.1, 0.15) is 5.01 Å². The standard InChI is InChI=1S/C14H23N5S/c1-9(2)13-16-17-14-19(13)18-12(20-14)7-10(3)11-5-4-6-15-8-11/h9-11,15H,4-8H2,1-3H3. The predicted octanol–water partition coefficient (Wildman–Crippen LogP) is 2.49. The van der Waals surface area contributed by atoms with Gasteiger partial charge in [0.2, 0.25) is 4.96 Å². The van der Waals surface area contributed by atoms with E-state index in [0.29, 0.717) is 11.8 Å². The number of piperidine rings is 1. The summed E-state index contributed by atoms with van der Waals surface area (Å²) in [4.78, 5) is 0.928. The van der Waals surface area contributed by atoms with Crippen molar-refractivity contribution in [1.82, 2.24) is 25.1 Å². The number of aromatic nitrogens is 4. The van der Waals surface area contributed by atoms with E-state index in [4.69, 9.17) is 5.10 Å². The second kappa shape index (κ2) is 5.77. The van der Waals surface area contributed by atoms with Crippen LogP contribution in [-0.2, 0) is 6.42 Å². The van der Waals surface area contributed by atoms with Gasteiger partial charge in [0.25, 0.3) is 0 Å². The maximum absolute atomic E-state index is 4.72. The second-order valence-corrected chi connectivity index (χ2v) is 7.23. The van der Waals surface area contributed by atoms with E-state index in [2.05, 4.69) is 36.3 Å². The number of hydrogen-bond acceptors (Lipinski definition) is 5. The van der Waals surface area contributed by atoms with Gasteiger partial charge in [-0.1, -0.05) is 32.1 Å². The van der Waals surface area contributed by atoms with Gasteiger partial charge in [0.05, 0.1) is 0 Å². The first-order valence-electron chi connectivity index (χ1n) is 7.57. The van der Waals surface area contributed by atoms with Crippen molar-refractivity contribution in [1.29, 1.82) is 0 Å². The second-order valence-electron chi connectivity index (χ2n) is 6.19. The topological polar surface area (TPSA) is 55.1 Å². The smallest absolute Gasteiger partial charge is 0.234 e. The first-order chi connectivity index (χ1) is 9.65. The summed E-state index contributed by atoms with van der Waals surface area (Å²) in [7, 11) is 0. The highest BCUT2D eigenvalue weighted by molar-refractivity contribution is 7.16. The quantitative estimate of drug-likeness (QED) is 0.941. The van der Waals surface area contributed by atoms with Crippen LogP contribution in [0, 0.1) is 11.8 Å². The van der Waals surface area contributed by atoms with Crippen molar-refractivity contribution in [3.8, 4) is 0 Å². The van der Waals surface area contributed by atoms with Crippen LogP contribution in [0.3, 0.4) is 0 Å². The number of hydrogen-bond donors (Lipinski definition) is 1. The Labute approximate surface area is 123 Å². The minimum Gasteiger partial charge on any atom is -0.316 e. The Morgan fingerprint density at radius 1 is 1.35 bits per heavy atom. The third-order valence-corrected chi connectivity index (χ3v) is 5.13. The molecular weight excluding hydrogens is 270 g/mol. The molecule has 110 valence electrons. The summed E-state index contributed by atoms with van der Waals surface area (Å²) in [5.74, 6) is 2.78. The SMILES string of the molecule is CC(C)c1nnc2sc(CC(C)C3CCCNC3)nn12. The van der Waals surface area contributed by atoms with E-state index in [1.54, 1.807) is 11.3 Å². The first kappa shape index (κ1) is 13.9. The third kappa shape index (κ3) is 2.72. The molecule has 5 nitrogen and oxygen atoms in total. The zero-order chi connectivity index (χ0) is 14.1. The van der Waals surface area contributed by atoms with Crippen LogP contribution in [-0.4, -0.2) is 32.9 Å². The zero-order valence-corrected chi connectivity index (χ0v) is 13.3. The van der Waals surface area contributed by atoms with Gasteiger partial charge in [0.15, 0.2) is 5.82 Å². The molecule has 2 unspecified atom stereocenters. The average molecular weight is 293 g/mol.